The molecule has 0 aromatic heterocycles. The van der Waals surface area contributed by atoms with Crippen molar-refractivity contribution in [1.82, 2.24) is 0 Å². The van der Waals surface area contributed by atoms with Crippen LogP contribution in [0, 0.1) is 0 Å². The van der Waals surface area contributed by atoms with Crippen LogP contribution in [0.15, 0.2) is 0 Å². The van der Waals surface area contributed by atoms with E-state index in [0.29, 0.717) is 24.7 Å². The Morgan fingerprint density at radius 1 is 1.17 bits per heavy atom. The zero-order valence-electron chi connectivity index (χ0n) is 2.56. The summed E-state index contributed by atoms with van der Waals surface area (Å²) in [4.78, 5) is 0. The zero-order chi connectivity index (χ0) is 2.00. The van der Waals surface area contributed by atoms with Crippen molar-refractivity contribution < 1.29 is 71.6 Å². The molecule has 1 nitrogen and oxygen atoms in total. The Kier molecular flexibility index (Phi) is 202. The van der Waals surface area contributed by atoms with Gasteiger partial charge in [0.2, 0.25) is 0 Å². The van der Waals surface area contributed by atoms with E-state index in [1.807, 2.05) is 0 Å². The van der Waals surface area contributed by atoms with Gasteiger partial charge in [-0.2, -0.15) is 0 Å². The predicted octanol–water partition coefficient (Wildman–Crippen LogP) is -1.96. The maximum absolute atomic E-state index is 8.34. The topological polar surface area (TPSA) is 17.1 Å². The molecule has 0 aromatic carbocycles. The summed E-state index contributed by atoms with van der Waals surface area (Å²) in [6.07, 6.45) is 0. The van der Waals surface area contributed by atoms with Crippen LogP contribution in [0.1, 0.15) is 0 Å². The Bertz CT molecular complexity index is 15.5. The third-order valence-corrected chi connectivity index (χ3v) is 0. The van der Waals surface area contributed by atoms with E-state index in [1.165, 1.54) is 0 Å². The molecule has 0 aliphatic rings. The van der Waals surface area contributed by atoms with E-state index in [-0.39, 0.29) is 94.4 Å². The van der Waals surface area contributed by atoms with Gasteiger partial charge in [0.25, 0.3) is 0 Å². The quantitative estimate of drug-likeness (QED) is 0.366. The molecule has 0 atom stereocenters. The summed E-state index contributed by atoms with van der Waals surface area (Å²) in [5.41, 5.74) is 0. The van der Waals surface area contributed by atoms with Crippen LogP contribution >= 0.6 is 0 Å². The molecule has 0 spiro atoms. The molecule has 0 amide bonds. The largest absolute Gasteiger partial charge is 0 e. The number of rotatable bonds is 0. The fourth-order valence-corrected chi connectivity index (χ4v) is 0. The maximum Gasteiger partial charge on any atom is 0 e. The summed E-state index contributed by atoms with van der Waals surface area (Å²) < 4.78 is 8.34. The van der Waals surface area contributed by atoms with Crippen molar-refractivity contribution in [1.29, 1.82) is 0 Å². The van der Waals surface area contributed by atoms with Gasteiger partial charge < -0.3 is 0 Å². The summed E-state index contributed by atoms with van der Waals surface area (Å²) in [6, 6.07) is 0. The van der Waals surface area contributed by atoms with E-state index in [2.05, 4.69) is 0 Å². The first kappa shape index (κ1) is 32.9. The first-order valence-corrected chi connectivity index (χ1v) is 1.21. The van der Waals surface area contributed by atoms with Gasteiger partial charge in [0.15, 0.2) is 0 Å². The van der Waals surface area contributed by atoms with Gasteiger partial charge in [-0.15, -0.1) is 0 Å². The van der Waals surface area contributed by atoms with Crippen molar-refractivity contribution in [3.05, 3.63) is 0 Å². The Morgan fingerprint density at radius 2 is 1.17 bits per heavy atom. The fourth-order valence-electron chi connectivity index (χ4n) is 0. The maximum atomic E-state index is 8.34. The van der Waals surface area contributed by atoms with Crippen molar-refractivity contribution >= 4 is 50.4 Å². The van der Waals surface area contributed by atoms with Crippen LogP contribution in [0.4, 0.5) is 0 Å². The van der Waals surface area contributed by atoms with Crippen LogP contribution in [0.5, 0.6) is 0 Å². The van der Waals surface area contributed by atoms with Gasteiger partial charge in [-0.05, 0) is 0 Å². The Morgan fingerprint density at radius 3 is 1.17 bits per heavy atom. The summed E-state index contributed by atoms with van der Waals surface area (Å²) in [5.74, 6) is 0. The summed E-state index contributed by atoms with van der Waals surface area (Å²) in [5, 5.41) is 0. The second-order valence-electron chi connectivity index (χ2n) is 0. The van der Waals surface area contributed by atoms with Crippen LogP contribution in [-0.4, -0.2) is 50.4 Å². The molecular formula is H4MgNbOPbTiZr. The molecule has 0 saturated carbocycles. The number of hydrogen-bond donors (Lipinski definition) is 0. The molecular weight excluding hydrogens is 480 g/mol. The molecule has 0 saturated heterocycles. The van der Waals surface area contributed by atoms with Crippen LogP contribution in [0.2, 0.25) is 0 Å². The van der Waals surface area contributed by atoms with Crippen molar-refractivity contribution in [2.75, 3.05) is 0 Å². The molecule has 29 valence electrons. The van der Waals surface area contributed by atoms with Crippen molar-refractivity contribution in [3.8, 4) is 0 Å². The molecule has 3 radical (unpaired) electrons. The van der Waals surface area contributed by atoms with Crippen LogP contribution in [0.3, 0.4) is 0 Å². The average molecular weight is 484 g/mol. The molecule has 0 bridgehead atoms. The van der Waals surface area contributed by atoms with E-state index in [9.17, 15) is 0 Å². The normalized spacial score (nSPS) is 0.500. The summed E-state index contributed by atoms with van der Waals surface area (Å²) in [7, 11) is 0. The van der Waals surface area contributed by atoms with Crippen molar-refractivity contribution in [2.45, 2.75) is 0 Å². The SMILES string of the molecule is [MgH2].[Nb].[O]=[Zr].[PbH2].[Ti]. The van der Waals surface area contributed by atoms with Crippen LogP contribution < -0.4 is 0 Å². The average Bonchev–Trinajstić information content (AvgIpc) is 1.00. The van der Waals surface area contributed by atoms with Crippen molar-refractivity contribution in [3.63, 3.8) is 0 Å². The standard InChI is InChI=1S/Mg.Nb.O.Pb.Ti.Zr.4H. The van der Waals surface area contributed by atoms with Gasteiger partial charge in [0.1, 0.15) is 0 Å². The molecule has 0 heterocycles. The Labute approximate surface area is 119 Å². The van der Waals surface area contributed by atoms with Gasteiger partial charge >= 0.3 is 77.9 Å². The van der Waals surface area contributed by atoms with Gasteiger partial charge in [-0.3, -0.25) is 0 Å². The Balaban J connectivity index is -0.000000000833. The van der Waals surface area contributed by atoms with E-state index in [4.69, 9.17) is 2.81 Å². The second-order valence-corrected chi connectivity index (χ2v) is 0. The predicted molar refractivity (Wildman–Crippen MR) is 17.8 cm³/mol. The minimum absolute atomic E-state index is 0. The zero-order valence-corrected chi connectivity index (χ0v) is 14.3. The molecule has 0 fully saturated rings. The second kappa shape index (κ2) is 36.9. The van der Waals surface area contributed by atoms with Crippen LogP contribution in [-0.2, 0) is 71.6 Å². The van der Waals surface area contributed by atoms with Gasteiger partial charge in [0.05, 0.1) is 0 Å². The first-order chi connectivity index (χ1) is 1.00. The van der Waals surface area contributed by atoms with Crippen molar-refractivity contribution in [2.24, 2.45) is 0 Å². The van der Waals surface area contributed by atoms with Gasteiger partial charge in [-0.1, -0.05) is 0 Å². The first-order valence-electron chi connectivity index (χ1n) is 0.204. The third kappa shape index (κ3) is 24.9. The van der Waals surface area contributed by atoms with E-state index in [1.54, 1.807) is 0 Å². The van der Waals surface area contributed by atoms with E-state index >= 15 is 0 Å². The molecule has 0 unspecified atom stereocenters. The molecule has 0 aliphatic heterocycles. The Hall–Kier alpha value is 3.83. The molecule has 0 aromatic rings. The van der Waals surface area contributed by atoms with Gasteiger partial charge in [-0.25, -0.2) is 0 Å². The van der Waals surface area contributed by atoms with Gasteiger partial charge in [0, 0.05) is 44.1 Å². The fraction of sp³-hybridized carbons (Fsp3) is 0. The smallest absolute Gasteiger partial charge is 0 e. The molecule has 6 heavy (non-hydrogen) atoms. The minimum Gasteiger partial charge on any atom is 0 e. The summed E-state index contributed by atoms with van der Waals surface area (Å²) >= 11 is 0.300. The van der Waals surface area contributed by atoms with E-state index < -0.39 is 0 Å². The molecule has 0 aliphatic carbocycles. The van der Waals surface area contributed by atoms with Crippen LogP contribution in [0.25, 0.3) is 0 Å². The molecule has 6 heteroatoms. The summed E-state index contributed by atoms with van der Waals surface area (Å²) in [6.45, 7) is 0. The third-order valence-electron chi connectivity index (χ3n) is 0. The monoisotopic (exact) mass is 483 g/mol. The number of hydrogen-bond acceptors (Lipinski definition) is 1. The van der Waals surface area contributed by atoms with E-state index in [0.717, 1.165) is 0 Å². The molecule has 0 N–H and O–H groups in total. The minimum atomic E-state index is 0. The molecule has 0 rings (SSSR count).